The molecule has 5 atom stereocenters. The Morgan fingerprint density at radius 1 is 1.24 bits per heavy atom. The molecule has 4 N–H and O–H groups in total. The van der Waals surface area contributed by atoms with E-state index in [1.54, 1.807) is 11.8 Å². The van der Waals surface area contributed by atoms with Gasteiger partial charge < -0.3 is 21.1 Å². The maximum Gasteiger partial charge on any atom is 0.328 e. The summed E-state index contributed by atoms with van der Waals surface area (Å²) in [5.74, 6) is 1.17. The molecule has 0 aliphatic rings. The van der Waals surface area contributed by atoms with Gasteiger partial charge in [0.15, 0.2) is 0 Å². The van der Waals surface area contributed by atoms with Crippen molar-refractivity contribution in [1.29, 1.82) is 0 Å². The van der Waals surface area contributed by atoms with Crippen molar-refractivity contribution in [3.05, 3.63) is 35.9 Å². The van der Waals surface area contributed by atoms with Crippen molar-refractivity contribution in [2.24, 2.45) is 11.7 Å². The zero-order chi connectivity index (χ0) is 25.5. The third kappa shape index (κ3) is 11.0. The quantitative estimate of drug-likeness (QED) is 0.188. The number of nitrogens with zero attached hydrogens (tertiary/aromatic N) is 1. The van der Waals surface area contributed by atoms with Crippen LogP contribution in [0, 0.1) is 5.92 Å². The fourth-order valence-corrected chi connectivity index (χ4v) is 4.21. The topological polar surface area (TPSA) is 96.7 Å². The highest BCUT2D eigenvalue weighted by atomic mass is 32.2. The number of amides is 1. The number of esters is 1. The predicted molar refractivity (Wildman–Crippen MR) is 146 cm³/mol. The van der Waals surface area contributed by atoms with Gasteiger partial charge in [-0.1, -0.05) is 50.6 Å². The van der Waals surface area contributed by atoms with Crippen LogP contribution in [0.25, 0.3) is 0 Å². The molecule has 0 saturated carbocycles. The lowest BCUT2D eigenvalue weighted by Gasteiger charge is -2.35. The van der Waals surface area contributed by atoms with E-state index in [1.807, 2.05) is 31.4 Å². The first-order valence-corrected chi connectivity index (χ1v) is 14.0. The van der Waals surface area contributed by atoms with Gasteiger partial charge in [-0.3, -0.25) is 9.69 Å². The first kappa shape index (κ1) is 30.8. The Kier molecular flexibility index (Phi) is 15.6. The van der Waals surface area contributed by atoms with Crippen LogP contribution < -0.4 is 16.4 Å². The van der Waals surface area contributed by atoms with E-state index in [-0.39, 0.29) is 18.0 Å². The lowest BCUT2D eigenvalue weighted by molar-refractivity contribution is -0.145. The lowest BCUT2D eigenvalue weighted by atomic mass is 9.97. The van der Waals surface area contributed by atoms with Gasteiger partial charge >= 0.3 is 5.97 Å². The minimum Gasteiger partial charge on any atom is -0.467 e. The summed E-state index contributed by atoms with van der Waals surface area (Å²) in [5, 5.41) is 6.53. The smallest absolute Gasteiger partial charge is 0.328 e. The van der Waals surface area contributed by atoms with Gasteiger partial charge in [0.05, 0.1) is 13.2 Å². The highest BCUT2D eigenvalue weighted by Crippen LogP contribution is 2.15. The summed E-state index contributed by atoms with van der Waals surface area (Å²) in [6.45, 7) is 8.24. The normalized spacial score (nSPS) is 15.9. The summed E-state index contributed by atoms with van der Waals surface area (Å²) < 4.78 is 4.92. The van der Waals surface area contributed by atoms with Gasteiger partial charge in [-0.25, -0.2) is 4.79 Å². The Morgan fingerprint density at radius 2 is 1.91 bits per heavy atom. The number of carbonyl (C=O) groups excluding carboxylic acids is 2. The molecule has 0 aliphatic heterocycles. The van der Waals surface area contributed by atoms with Crippen LogP contribution >= 0.6 is 24.4 Å². The van der Waals surface area contributed by atoms with Crippen molar-refractivity contribution >= 4 is 36.3 Å². The molecule has 1 amide bonds. The van der Waals surface area contributed by atoms with E-state index in [0.717, 1.165) is 17.7 Å². The van der Waals surface area contributed by atoms with Crippen molar-refractivity contribution in [1.82, 2.24) is 15.5 Å². The van der Waals surface area contributed by atoms with E-state index >= 15 is 0 Å². The number of hydrogen-bond donors (Lipinski definition) is 4. The Morgan fingerprint density at radius 3 is 2.47 bits per heavy atom. The molecule has 7 nitrogen and oxygen atoms in total. The standard InChI is InChI=1S/C25H44N4O3S2/c1-6-18(2)23(27-14-21(26)17-33)16-29(15-20-10-8-7-9-11-20)19(3)24(30)28-22(12-13-34-5)25(31)32-4/h7-11,18-19,21-23,27,33H,6,12-17,26H2,1-5H3,(H,28,30)/t18-,19-,21+,22-,23+/m0/s1. The molecule has 0 saturated heterocycles. The third-order valence-corrected chi connectivity index (χ3v) is 7.32. The van der Waals surface area contributed by atoms with Crippen molar-refractivity contribution in [2.75, 3.05) is 38.0 Å². The first-order valence-electron chi connectivity index (χ1n) is 12.0. The van der Waals surface area contributed by atoms with E-state index in [2.05, 4.69) is 54.1 Å². The molecule has 0 fully saturated rings. The van der Waals surface area contributed by atoms with Crippen LogP contribution in [-0.2, 0) is 20.9 Å². The minimum atomic E-state index is -0.650. The molecular formula is C25H44N4O3S2. The lowest BCUT2D eigenvalue weighted by Crippen LogP contribution is -2.55. The molecule has 0 spiro atoms. The number of thiol groups is 1. The SMILES string of the molecule is CC[C@H](C)[C@@H](CN(Cc1ccccc1)[C@@H](C)C(=O)N[C@@H](CCSC)C(=O)OC)NC[C@@H](N)CS. The summed E-state index contributed by atoms with van der Waals surface area (Å²) in [4.78, 5) is 27.7. The average Bonchev–Trinajstić information content (AvgIpc) is 2.86. The Bertz CT molecular complexity index is 711. The number of hydrogen-bond acceptors (Lipinski definition) is 8. The van der Waals surface area contributed by atoms with Crippen LogP contribution in [0.15, 0.2) is 30.3 Å². The Labute approximate surface area is 215 Å². The molecule has 0 radical (unpaired) electrons. The van der Waals surface area contributed by atoms with E-state index in [1.165, 1.54) is 7.11 Å². The maximum atomic E-state index is 13.3. The molecule has 0 aromatic heterocycles. The number of carbonyl (C=O) groups is 2. The molecule has 0 unspecified atom stereocenters. The monoisotopic (exact) mass is 512 g/mol. The first-order chi connectivity index (χ1) is 16.3. The van der Waals surface area contributed by atoms with Crippen molar-refractivity contribution in [3.8, 4) is 0 Å². The van der Waals surface area contributed by atoms with Crippen LogP contribution in [0.4, 0.5) is 0 Å². The van der Waals surface area contributed by atoms with Crippen molar-refractivity contribution in [3.63, 3.8) is 0 Å². The number of nitrogens with one attached hydrogen (secondary N) is 2. The molecule has 194 valence electrons. The molecule has 0 aliphatic carbocycles. The highest BCUT2D eigenvalue weighted by Gasteiger charge is 2.29. The van der Waals surface area contributed by atoms with Crippen molar-refractivity contribution in [2.45, 2.75) is 64.3 Å². The fourth-order valence-electron chi connectivity index (χ4n) is 3.61. The second-order valence-electron chi connectivity index (χ2n) is 8.80. The summed E-state index contributed by atoms with van der Waals surface area (Å²) in [7, 11) is 1.35. The molecule has 1 aromatic carbocycles. The number of methoxy groups -OCH3 is 1. The van der Waals surface area contributed by atoms with Gasteiger partial charge in [0.2, 0.25) is 5.91 Å². The summed E-state index contributed by atoms with van der Waals surface area (Å²) in [6.07, 6.45) is 3.51. The van der Waals surface area contributed by atoms with Gasteiger partial charge in [-0.15, -0.1) is 0 Å². The zero-order valence-corrected chi connectivity index (χ0v) is 23.0. The van der Waals surface area contributed by atoms with Crippen LogP contribution in [0.1, 0.15) is 39.2 Å². The third-order valence-electron chi connectivity index (χ3n) is 6.21. The van der Waals surface area contributed by atoms with Gasteiger partial charge in [0.25, 0.3) is 0 Å². The van der Waals surface area contributed by atoms with Crippen LogP contribution in [-0.4, -0.2) is 78.9 Å². The van der Waals surface area contributed by atoms with Crippen LogP contribution in [0.5, 0.6) is 0 Å². The van der Waals surface area contributed by atoms with Crippen molar-refractivity contribution < 1.29 is 14.3 Å². The molecule has 0 heterocycles. The van der Waals surface area contributed by atoms with Crippen LogP contribution in [0.3, 0.4) is 0 Å². The van der Waals surface area contributed by atoms with E-state index in [9.17, 15) is 9.59 Å². The average molecular weight is 513 g/mol. The summed E-state index contributed by atoms with van der Waals surface area (Å²) in [6, 6.07) is 9.16. The fraction of sp³-hybridized carbons (Fsp3) is 0.680. The minimum absolute atomic E-state index is 0.0320. The van der Waals surface area contributed by atoms with Gasteiger partial charge in [0.1, 0.15) is 6.04 Å². The number of benzene rings is 1. The molecule has 34 heavy (non-hydrogen) atoms. The van der Waals surface area contributed by atoms with E-state index in [4.69, 9.17) is 10.5 Å². The molecule has 9 heteroatoms. The summed E-state index contributed by atoms with van der Waals surface area (Å²) in [5.41, 5.74) is 7.23. The van der Waals surface area contributed by atoms with Gasteiger partial charge in [0, 0.05) is 37.5 Å². The van der Waals surface area contributed by atoms with Gasteiger partial charge in [-0.2, -0.15) is 24.4 Å². The van der Waals surface area contributed by atoms with Gasteiger partial charge in [-0.05, 0) is 36.8 Å². The maximum absolute atomic E-state index is 13.3. The molecule has 0 bridgehead atoms. The Hall–Kier alpha value is -1.26. The largest absolute Gasteiger partial charge is 0.467 e. The van der Waals surface area contributed by atoms with Crippen LogP contribution in [0.2, 0.25) is 0 Å². The number of thioether (sulfide) groups is 1. The number of ether oxygens (including phenoxy) is 1. The van der Waals surface area contributed by atoms with E-state index < -0.39 is 18.1 Å². The number of nitrogens with two attached hydrogens (primary N) is 1. The predicted octanol–water partition coefficient (Wildman–Crippen LogP) is 2.55. The zero-order valence-electron chi connectivity index (χ0n) is 21.3. The molecule has 1 aromatic rings. The Balaban J connectivity index is 3.07. The second kappa shape index (κ2) is 17.2. The molecule has 1 rings (SSSR count). The molecular weight excluding hydrogens is 468 g/mol. The van der Waals surface area contributed by atoms with E-state index in [0.29, 0.717) is 37.7 Å². The highest BCUT2D eigenvalue weighted by molar-refractivity contribution is 7.98. The second-order valence-corrected chi connectivity index (χ2v) is 10.2. The number of rotatable bonds is 17. The summed E-state index contributed by atoms with van der Waals surface area (Å²) >= 11 is 5.93.